The third-order valence-electron chi connectivity index (χ3n) is 6.24. The number of nitrogens with one attached hydrogen (secondary N) is 1. The van der Waals surface area contributed by atoms with Crippen molar-refractivity contribution in [2.24, 2.45) is 11.8 Å². The van der Waals surface area contributed by atoms with Crippen LogP contribution in [0.4, 0.5) is 14.9 Å². The lowest BCUT2D eigenvalue weighted by Crippen LogP contribution is -2.39. The fraction of sp³-hybridized carbons (Fsp3) is 0.542. The average Bonchev–Trinajstić information content (AvgIpc) is 3.61. The van der Waals surface area contributed by atoms with Crippen molar-refractivity contribution in [1.82, 2.24) is 10.4 Å². The highest BCUT2D eigenvalue weighted by molar-refractivity contribution is 7.96. The van der Waals surface area contributed by atoms with Gasteiger partial charge in [-0.25, -0.2) is 9.18 Å². The summed E-state index contributed by atoms with van der Waals surface area (Å²) >= 11 is 0.541. The molecule has 2 atom stereocenters. The van der Waals surface area contributed by atoms with Crippen LogP contribution in [0.1, 0.15) is 52.0 Å². The van der Waals surface area contributed by atoms with Gasteiger partial charge in [-0.15, -0.1) is 4.33 Å². The first-order valence-corrected chi connectivity index (χ1v) is 12.8. The summed E-state index contributed by atoms with van der Waals surface area (Å²) < 4.78 is 32.1. The van der Waals surface area contributed by atoms with Crippen LogP contribution in [0.5, 0.6) is 5.75 Å². The summed E-state index contributed by atoms with van der Waals surface area (Å²) in [5.74, 6) is -2.02. The van der Waals surface area contributed by atoms with Crippen LogP contribution in [-0.4, -0.2) is 53.4 Å². The van der Waals surface area contributed by atoms with E-state index in [0.29, 0.717) is 30.1 Å². The summed E-state index contributed by atoms with van der Waals surface area (Å²) in [5, 5.41) is 10.4. The molecule has 2 aliphatic heterocycles. The van der Waals surface area contributed by atoms with E-state index in [4.69, 9.17) is 13.8 Å². The van der Waals surface area contributed by atoms with E-state index in [0.717, 1.165) is 23.6 Å². The fourth-order valence-electron chi connectivity index (χ4n) is 4.10. The van der Waals surface area contributed by atoms with E-state index >= 15 is 4.39 Å². The lowest BCUT2D eigenvalue weighted by atomic mass is 10.0. The van der Waals surface area contributed by atoms with E-state index in [1.807, 2.05) is 11.6 Å². The molecule has 2 amide bonds. The van der Waals surface area contributed by atoms with Crippen molar-refractivity contribution in [3.05, 3.63) is 29.6 Å². The van der Waals surface area contributed by atoms with Crippen LogP contribution in [0.3, 0.4) is 0 Å². The molecule has 2 unspecified atom stereocenters. The summed E-state index contributed by atoms with van der Waals surface area (Å²) in [4.78, 5) is 42.7. The van der Waals surface area contributed by atoms with Crippen molar-refractivity contribution in [2.75, 3.05) is 17.4 Å². The van der Waals surface area contributed by atoms with Gasteiger partial charge >= 0.3 is 12.1 Å². The number of rotatable bonds is 8. The molecule has 2 N–H and O–H groups in total. The largest absolute Gasteiger partial charge is 0.506 e. The van der Waals surface area contributed by atoms with Crippen molar-refractivity contribution < 1.29 is 42.7 Å². The Balaban J connectivity index is 1.55. The first-order chi connectivity index (χ1) is 17.6. The monoisotopic (exact) mass is 539 g/mol. The third-order valence-corrected chi connectivity index (χ3v) is 6.86. The quantitative estimate of drug-likeness (QED) is 0.165. The molecule has 0 spiro atoms. The molecule has 4 rings (SSSR count). The van der Waals surface area contributed by atoms with Crippen LogP contribution >= 0.6 is 12.2 Å². The van der Waals surface area contributed by atoms with Gasteiger partial charge in [-0.1, -0.05) is 37.8 Å². The predicted molar refractivity (Wildman–Crippen MR) is 131 cm³/mol. The Bertz CT molecular complexity index is 1080. The molecule has 1 aliphatic carbocycles. The van der Waals surface area contributed by atoms with E-state index in [-0.39, 0.29) is 36.3 Å². The summed E-state index contributed by atoms with van der Waals surface area (Å²) in [6.45, 7) is 4.53. The van der Waals surface area contributed by atoms with Gasteiger partial charge in [0, 0.05) is 12.5 Å². The lowest BCUT2D eigenvalue weighted by molar-refractivity contribution is -0.238. The first kappa shape index (κ1) is 27.0. The first-order valence-electron chi connectivity index (χ1n) is 12.1. The minimum atomic E-state index is -1.08. The highest BCUT2D eigenvalue weighted by atomic mass is 32.2. The number of halogens is 1. The van der Waals surface area contributed by atoms with E-state index in [1.54, 1.807) is 13.8 Å². The Morgan fingerprint density at radius 2 is 1.97 bits per heavy atom. The number of nitrogens with zero attached hydrogens (tertiary/aromatic N) is 2. The fourth-order valence-corrected chi connectivity index (χ4v) is 4.65. The van der Waals surface area contributed by atoms with Gasteiger partial charge < -0.3 is 14.6 Å². The zero-order valence-corrected chi connectivity index (χ0v) is 21.6. The maximum Gasteiger partial charge on any atom is 0.413 e. The molecule has 13 heteroatoms. The van der Waals surface area contributed by atoms with E-state index in [2.05, 4.69) is 4.99 Å². The number of aromatic hydroxyl groups is 1. The summed E-state index contributed by atoms with van der Waals surface area (Å²) in [5.41, 5.74) is 2.43. The molecular weight excluding hydrogens is 509 g/mol. The van der Waals surface area contributed by atoms with Gasteiger partial charge in [0.2, 0.25) is 6.29 Å². The number of anilines is 1. The van der Waals surface area contributed by atoms with Crippen LogP contribution in [-0.2, 0) is 28.4 Å². The van der Waals surface area contributed by atoms with Crippen molar-refractivity contribution in [3.8, 4) is 5.75 Å². The molecule has 1 saturated carbocycles. The van der Waals surface area contributed by atoms with Gasteiger partial charge in [0.05, 0.1) is 18.5 Å². The van der Waals surface area contributed by atoms with Gasteiger partial charge in [-0.05, 0) is 36.5 Å². The van der Waals surface area contributed by atoms with E-state index in [1.165, 1.54) is 24.0 Å². The second-order valence-corrected chi connectivity index (χ2v) is 10.3. The number of amides is 2. The maximum atomic E-state index is 15.8. The SMILES string of the molecule is CC(OC(=O)C(C)C)OC(=O)N1CC(c2ccc(O)c(N3CC(=O)NOOS3)c2F)=CC1CCC1CC1. The molecule has 0 aromatic heterocycles. The van der Waals surface area contributed by atoms with Crippen molar-refractivity contribution in [2.45, 2.75) is 58.8 Å². The number of hydrogen-bond donors (Lipinski definition) is 2. The highest BCUT2D eigenvalue weighted by Crippen LogP contribution is 2.41. The number of carbonyl (C=O) groups is 3. The molecule has 11 nitrogen and oxygen atoms in total. The molecule has 1 aromatic rings. The van der Waals surface area contributed by atoms with E-state index in [9.17, 15) is 19.5 Å². The zero-order valence-electron chi connectivity index (χ0n) is 20.8. The molecule has 0 radical (unpaired) electrons. The number of hydroxylamine groups is 1. The number of carbonyl (C=O) groups excluding carboxylic acids is 3. The Morgan fingerprint density at radius 3 is 2.68 bits per heavy atom. The number of benzene rings is 1. The smallest absolute Gasteiger partial charge is 0.413 e. The van der Waals surface area contributed by atoms with Gasteiger partial charge in [0.15, 0.2) is 18.0 Å². The van der Waals surface area contributed by atoms with Crippen LogP contribution < -0.4 is 9.79 Å². The molecule has 2 heterocycles. The predicted octanol–water partition coefficient (Wildman–Crippen LogP) is 3.83. The van der Waals surface area contributed by atoms with Crippen LogP contribution in [0, 0.1) is 17.7 Å². The summed E-state index contributed by atoms with van der Waals surface area (Å²) in [7, 11) is 0. The molecule has 202 valence electrons. The number of phenols is 1. The normalized spacial score (nSPS) is 20.8. The van der Waals surface area contributed by atoms with E-state index < -0.39 is 35.8 Å². The Morgan fingerprint density at radius 1 is 1.22 bits per heavy atom. The molecule has 1 aromatic carbocycles. The number of phenolic OH excluding ortho intramolecular Hbond substituents is 1. The van der Waals surface area contributed by atoms with Gasteiger partial charge in [0.1, 0.15) is 18.0 Å². The third kappa shape index (κ3) is 6.65. The van der Waals surface area contributed by atoms with Crippen LogP contribution in [0.2, 0.25) is 0 Å². The highest BCUT2D eigenvalue weighted by Gasteiger charge is 2.35. The zero-order chi connectivity index (χ0) is 26.7. The van der Waals surface area contributed by atoms with Crippen LogP contribution in [0.15, 0.2) is 18.2 Å². The summed E-state index contributed by atoms with van der Waals surface area (Å²) in [6.07, 6.45) is 3.94. The molecule has 3 aliphatic rings. The summed E-state index contributed by atoms with van der Waals surface area (Å²) in [6, 6.07) is 2.38. The second kappa shape index (κ2) is 11.6. The lowest BCUT2D eigenvalue weighted by Gasteiger charge is -2.26. The van der Waals surface area contributed by atoms with Gasteiger partial charge in [-0.2, -0.15) is 5.48 Å². The Labute approximate surface area is 218 Å². The van der Waals surface area contributed by atoms with Gasteiger partial charge in [-0.3, -0.25) is 18.8 Å². The minimum Gasteiger partial charge on any atom is -0.506 e. The molecule has 0 bridgehead atoms. The molecular formula is C24H30FN3O8S. The molecule has 2 fully saturated rings. The average molecular weight is 540 g/mol. The van der Waals surface area contributed by atoms with Crippen molar-refractivity contribution >= 4 is 41.5 Å². The minimum absolute atomic E-state index is 0.0490. The number of hydrogen-bond acceptors (Lipinski definition) is 10. The number of esters is 1. The second-order valence-electron chi connectivity index (χ2n) is 9.53. The molecule has 37 heavy (non-hydrogen) atoms. The standard InChI is InChI=1S/C24H30FN3O8S/c1-13(2)23(31)33-14(3)34-24(32)27-11-16(10-17(27)7-6-15-4-5-15)18-8-9-19(29)22(21(18)25)28-12-20(30)26-35-36-37-28/h8-10,13-15,17,29H,4-7,11-12H2,1-3H3,(H,26,30). The Kier molecular flexibility index (Phi) is 8.45. The van der Waals surface area contributed by atoms with Gasteiger partial charge in [0.25, 0.3) is 5.91 Å². The maximum absolute atomic E-state index is 15.8. The topological polar surface area (TPSA) is 127 Å². The van der Waals surface area contributed by atoms with Crippen molar-refractivity contribution in [3.63, 3.8) is 0 Å². The molecule has 1 saturated heterocycles. The Hall–Kier alpha value is -3.03. The van der Waals surface area contributed by atoms with Crippen molar-refractivity contribution in [1.29, 1.82) is 0 Å². The number of ether oxygens (including phenoxy) is 2. The van der Waals surface area contributed by atoms with Crippen LogP contribution in [0.25, 0.3) is 5.57 Å².